The van der Waals surface area contributed by atoms with Crippen LogP contribution in [-0.4, -0.2) is 46.7 Å². The minimum absolute atomic E-state index is 0.00519. The van der Waals surface area contributed by atoms with E-state index in [1.54, 1.807) is 6.07 Å². The summed E-state index contributed by atoms with van der Waals surface area (Å²) < 4.78 is 34.5. The molecular formula is C13H15F2NO4. The Kier molecular flexibility index (Phi) is 3.27. The van der Waals surface area contributed by atoms with Crippen LogP contribution in [0.3, 0.4) is 0 Å². The fourth-order valence-electron chi connectivity index (χ4n) is 2.61. The maximum absolute atomic E-state index is 12.9. The molecule has 0 bridgehead atoms. The van der Waals surface area contributed by atoms with Gasteiger partial charge >= 0.3 is 6.29 Å². The first-order chi connectivity index (χ1) is 9.41. The van der Waals surface area contributed by atoms with E-state index in [0.717, 1.165) is 5.56 Å². The summed E-state index contributed by atoms with van der Waals surface area (Å²) in [7, 11) is 0. The zero-order chi connectivity index (χ0) is 14.3. The lowest BCUT2D eigenvalue weighted by molar-refractivity contribution is -0.286. The quantitative estimate of drug-likeness (QED) is 0.847. The van der Waals surface area contributed by atoms with E-state index in [2.05, 4.69) is 9.47 Å². The molecule has 20 heavy (non-hydrogen) atoms. The molecule has 1 fully saturated rings. The first-order valence-electron chi connectivity index (χ1n) is 6.38. The largest absolute Gasteiger partial charge is 0.586 e. The van der Waals surface area contributed by atoms with Gasteiger partial charge in [0.05, 0.1) is 12.2 Å². The highest BCUT2D eigenvalue weighted by molar-refractivity contribution is 5.45. The number of nitrogens with zero attached hydrogens (tertiary/aromatic N) is 1. The summed E-state index contributed by atoms with van der Waals surface area (Å²) in [5.41, 5.74) is 0.756. The molecule has 0 aromatic heterocycles. The van der Waals surface area contributed by atoms with Gasteiger partial charge in [-0.05, 0) is 17.7 Å². The van der Waals surface area contributed by atoms with E-state index in [-0.39, 0.29) is 11.5 Å². The minimum Gasteiger partial charge on any atom is -0.395 e. The minimum atomic E-state index is -3.61. The highest BCUT2D eigenvalue weighted by atomic mass is 19.3. The molecule has 1 aromatic carbocycles. The van der Waals surface area contributed by atoms with Gasteiger partial charge in [0, 0.05) is 26.1 Å². The number of β-amino-alcohol motifs (C(OH)–C–C–N with tert-alkyl or cyclic N) is 2. The van der Waals surface area contributed by atoms with Crippen LogP contribution in [0.2, 0.25) is 0 Å². The van der Waals surface area contributed by atoms with Gasteiger partial charge in [0.25, 0.3) is 0 Å². The number of hydrogen-bond donors (Lipinski definition) is 2. The monoisotopic (exact) mass is 287 g/mol. The summed E-state index contributed by atoms with van der Waals surface area (Å²) in [6, 6.07) is 4.59. The van der Waals surface area contributed by atoms with Gasteiger partial charge in [0.2, 0.25) is 0 Å². The van der Waals surface area contributed by atoms with Crippen molar-refractivity contribution in [3.63, 3.8) is 0 Å². The van der Waals surface area contributed by atoms with Gasteiger partial charge in [-0.15, -0.1) is 8.78 Å². The van der Waals surface area contributed by atoms with Crippen molar-refractivity contribution >= 4 is 0 Å². The number of benzene rings is 1. The Morgan fingerprint density at radius 1 is 1.15 bits per heavy atom. The van der Waals surface area contributed by atoms with Crippen molar-refractivity contribution in [1.29, 1.82) is 0 Å². The van der Waals surface area contributed by atoms with Crippen molar-refractivity contribution < 1.29 is 28.5 Å². The molecule has 0 spiro atoms. The number of hydrogen-bond acceptors (Lipinski definition) is 5. The number of likely N-dealkylation sites (tertiary alicyclic amines) is 1. The second-order valence-corrected chi connectivity index (χ2v) is 5.19. The first kappa shape index (κ1) is 13.5. The van der Waals surface area contributed by atoms with Gasteiger partial charge in [-0.3, -0.25) is 4.90 Å². The molecule has 7 heteroatoms. The normalized spacial score (nSPS) is 28.6. The van der Waals surface area contributed by atoms with Crippen LogP contribution in [0.25, 0.3) is 0 Å². The van der Waals surface area contributed by atoms with Gasteiger partial charge in [-0.2, -0.15) is 0 Å². The topological polar surface area (TPSA) is 62.2 Å². The Labute approximate surface area is 114 Å². The second kappa shape index (κ2) is 4.83. The van der Waals surface area contributed by atoms with Gasteiger partial charge in [0.15, 0.2) is 11.5 Å². The number of halogens is 2. The SMILES string of the molecule is O[C@@H]1C[C@@H](O)CN(Cc2ccc3c(c2)OC(F)(F)O3)C1. The van der Waals surface area contributed by atoms with E-state index < -0.39 is 18.5 Å². The lowest BCUT2D eigenvalue weighted by Crippen LogP contribution is -2.45. The maximum atomic E-state index is 12.9. The average Bonchev–Trinajstić information content (AvgIpc) is 2.60. The van der Waals surface area contributed by atoms with Crippen molar-refractivity contribution in [3.8, 4) is 11.5 Å². The molecule has 110 valence electrons. The molecule has 2 atom stereocenters. The summed E-state index contributed by atoms with van der Waals surface area (Å²) in [5, 5.41) is 19.2. The number of alkyl halides is 2. The van der Waals surface area contributed by atoms with E-state index in [4.69, 9.17) is 0 Å². The summed E-state index contributed by atoms with van der Waals surface area (Å²) in [4.78, 5) is 1.87. The Morgan fingerprint density at radius 3 is 2.50 bits per heavy atom. The van der Waals surface area contributed by atoms with Crippen LogP contribution in [0, 0.1) is 0 Å². The standard InChI is InChI=1S/C13H15F2NO4/c14-13(15)19-11-2-1-8(3-12(11)20-13)5-16-6-9(17)4-10(18)7-16/h1-3,9-10,17-18H,4-7H2/t9-,10-/m1/s1. The molecule has 0 unspecified atom stereocenters. The highest BCUT2D eigenvalue weighted by Crippen LogP contribution is 2.41. The zero-order valence-electron chi connectivity index (χ0n) is 10.6. The van der Waals surface area contributed by atoms with Crippen molar-refractivity contribution in [2.24, 2.45) is 0 Å². The number of rotatable bonds is 2. The molecule has 0 saturated carbocycles. The van der Waals surface area contributed by atoms with Crippen molar-refractivity contribution in [2.45, 2.75) is 31.5 Å². The lowest BCUT2D eigenvalue weighted by Gasteiger charge is -2.33. The molecule has 2 heterocycles. The van der Waals surface area contributed by atoms with E-state index in [1.165, 1.54) is 12.1 Å². The number of fused-ring (bicyclic) bond motifs is 1. The Hall–Kier alpha value is -1.44. The van der Waals surface area contributed by atoms with Crippen LogP contribution in [0.1, 0.15) is 12.0 Å². The third-order valence-corrected chi connectivity index (χ3v) is 3.35. The van der Waals surface area contributed by atoms with Crippen LogP contribution in [0.15, 0.2) is 18.2 Å². The maximum Gasteiger partial charge on any atom is 0.586 e. The second-order valence-electron chi connectivity index (χ2n) is 5.19. The van der Waals surface area contributed by atoms with E-state index >= 15 is 0 Å². The highest BCUT2D eigenvalue weighted by Gasteiger charge is 2.43. The molecule has 1 saturated heterocycles. The van der Waals surface area contributed by atoms with E-state index in [1.807, 2.05) is 4.90 Å². The van der Waals surface area contributed by atoms with Crippen molar-refractivity contribution in [2.75, 3.05) is 13.1 Å². The van der Waals surface area contributed by atoms with Crippen LogP contribution in [0.4, 0.5) is 8.78 Å². The van der Waals surface area contributed by atoms with Crippen LogP contribution in [0.5, 0.6) is 11.5 Å². The van der Waals surface area contributed by atoms with E-state index in [0.29, 0.717) is 26.1 Å². The Morgan fingerprint density at radius 2 is 1.80 bits per heavy atom. The predicted octanol–water partition coefficient (Wildman–Crippen LogP) is 0.936. The Balaban J connectivity index is 1.70. The third kappa shape index (κ3) is 2.84. The first-order valence-corrected chi connectivity index (χ1v) is 6.38. The van der Waals surface area contributed by atoms with Crippen molar-refractivity contribution in [1.82, 2.24) is 4.90 Å². The summed E-state index contributed by atoms with van der Waals surface area (Å²) in [5.74, 6) is 0.0167. The zero-order valence-corrected chi connectivity index (χ0v) is 10.6. The number of aliphatic hydroxyl groups is 2. The molecule has 0 aliphatic carbocycles. The fraction of sp³-hybridized carbons (Fsp3) is 0.538. The molecule has 3 rings (SSSR count). The number of aliphatic hydroxyl groups excluding tert-OH is 2. The van der Waals surface area contributed by atoms with Gasteiger partial charge in [0.1, 0.15) is 0 Å². The van der Waals surface area contributed by atoms with E-state index in [9.17, 15) is 19.0 Å². The summed E-state index contributed by atoms with van der Waals surface area (Å²) in [6.07, 6.45) is -4.39. The molecule has 0 radical (unpaired) electrons. The smallest absolute Gasteiger partial charge is 0.395 e. The molecule has 5 nitrogen and oxygen atoms in total. The van der Waals surface area contributed by atoms with Gasteiger partial charge in [-0.1, -0.05) is 6.07 Å². The lowest BCUT2D eigenvalue weighted by atomic mass is 10.0. The number of piperidine rings is 1. The molecule has 2 aliphatic heterocycles. The predicted molar refractivity (Wildman–Crippen MR) is 64.6 cm³/mol. The molecule has 2 aliphatic rings. The van der Waals surface area contributed by atoms with Crippen LogP contribution in [-0.2, 0) is 6.54 Å². The molecule has 0 amide bonds. The van der Waals surface area contributed by atoms with Crippen molar-refractivity contribution in [3.05, 3.63) is 23.8 Å². The molecular weight excluding hydrogens is 272 g/mol. The molecule has 2 N–H and O–H groups in total. The van der Waals surface area contributed by atoms with Crippen LogP contribution >= 0.6 is 0 Å². The summed E-state index contributed by atoms with van der Waals surface area (Å²) >= 11 is 0. The van der Waals surface area contributed by atoms with Gasteiger partial charge in [-0.25, -0.2) is 0 Å². The van der Waals surface area contributed by atoms with Crippen LogP contribution < -0.4 is 9.47 Å². The van der Waals surface area contributed by atoms with Gasteiger partial charge < -0.3 is 19.7 Å². The number of ether oxygens (including phenoxy) is 2. The Bertz CT molecular complexity index is 501. The summed E-state index contributed by atoms with van der Waals surface area (Å²) in [6.45, 7) is 1.33. The molecule has 1 aromatic rings. The third-order valence-electron chi connectivity index (χ3n) is 3.35. The fourth-order valence-corrected chi connectivity index (χ4v) is 2.61. The average molecular weight is 287 g/mol.